The quantitative estimate of drug-likeness (QED) is 0.727. The van der Waals surface area contributed by atoms with E-state index in [0.29, 0.717) is 12.4 Å². The van der Waals surface area contributed by atoms with Crippen LogP contribution in [0.2, 0.25) is 0 Å². The summed E-state index contributed by atoms with van der Waals surface area (Å²) in [6.07, 6.45) is 3.55. The second-order valence-corrected chi connectivity index (χ2v) is 6.38. The lowest BCUT2D eigenvalue weighted by Crippen LogP contribution is -2.35. The van der Waals surface area contributed by atoms with Crippen molar-refractivity contribution in [1.82, 2.24) is 24.8 Å². The second-order valence-electron chi connectivity index (χ2n) is 6.38. The number of hydrogen-bond acceptors (Lipinski definition) is 6. The van der Waals surface area contributed by atoms with Gasteiger partial charge in [0.2, 0.25) is 5.88 Å². The molecule has 0 N–H and O–H groups in total. The van der Waals surface area contributed by atoms with Gasteiger partial charge in [0, 0.05) is 43.7 Å². The van der Waals surface area contributed by atoms with Crippen molar-refractivity contribution in [1.29, 1.82) is 0 Å². The number of fused-ring (bicyclic) bond motifs is 1. The lowest BCUT2D eigenvalue weighted by molar-refractivity contribution is 0.117. The first kappa shape index (κ1) is 15.8. The Morgan fingerprint density at radius 3 is 2.88 bits per heavy atom. The molecule has 0 amide bonds. The highest BCUT2D eigenvalue weighted by Gasteiger charge is 2.25. The molecule has 1 aliphatic heterocycles. The van der Waals surface area contributed by atoms with Gasteiger partial charge in [0.15, 0.2) is 0 Å². The van der Waals surface area contributed by atoms with Gasteiger partial charge in [-0.3, -0.25) is 9.58 Å². The molecule has 0 aromatic carbocycles. The zero-order chi connectivity index (χ0) is 17.2. The van der Waals surface area contributed by atoms with E-state index in [9.17, 15) is 0 Å². The molecule has 1 aliphatic rings. The third kappa shape index (κ3) is 3.41. The van der Waals surface area contributed by atoms with Crippen molar-refractivity contribution >= 4 is 0 Å². The molecular formula is C18H21N5O2. The van der Waals surface area contributed by atoms with Gasteiger partial charge in [-0.05, 0) is 26.0 Å². The van der Waals surface area contributed by atoms with E-state index in [1.165, 1.54) is 5.69 Å². The minimum Gasteiger partial charge on any atom is -0.471 e. The third-order valence-electron chi connectivity index (χ3n) is 4.52. The Morgan fingerprint density at radius 2 is 2.12 bits per heavy atom. The zero-order valence-corrected chi connectivity index (χ0v) is 14.4. The molecule has 130 valence electrons. The van der Waals surface area contributed by atoms with E-state index < -0.39 is 0 Å². The van der Waals surface area contributed by atoms with E-state index in [1.807, 2.05) is 42.9 Å². The minimum atomic E-state index is -0.0310. The number of pyridine rings is 1. The van der Waals surface area contributed by atoms with Crippen LogP contribution in [0.3, 0.4) is 0 Å². The van der Waals surface area contributed by atoms with Gasteiger partial charge in [0.1, 0.15) is 11.9 Å². The number of rotatable bonds is 4. The third-order valence-corrected chi connectivity index (χ3v) is 4.52. The molecule has 1 unspecified atom stereocenters. The molecule has 3 aromatic rings. The Kier molecular flexibility index (Phi) is 4.23. The number of nitrogens with zero attached hydrogens (tertiary/aromatic N) is 5. The molecule has 3 aromatic heterocycles. The van der Waals surface area contributed by atoms with Crippen LogP contribution in [-0.4, -0.2) is 37.5 Å². The van der Waals surface area contributed by atoms with Crippen LogP contribution in [0.25, 0.3) is 0 Å². The van der Waals surface area contributed by atoms with E-state index in [0.717, 1.165) is 36.7 Å². The molecule has 7 heteroatoms. The normalized spacial score (nSPS) is 17.9. The fourth-order valence-corrected chi connectivity index (χ4v) is 3.22. The van der Waals surface area contributed by atoms with Crippen molar-refractivity contribution in [3.63, 3.8) is 0 Å². The van der Waals surface area contributed by atoms with Gasteiger partial charge in [-0.25, -0.2) is 4.98 Å². The van der Waals surface area contributed by atoms with Crippen LogP contribution in [-0.2, 0) is 19.6 Å². The van der Waals surface area contributed by atoms with Gasteiger partial charge >= 0.3 is 0 Å². The Morgan fingerprint density at radius 1 is 1.20 bits per heavy atom. The Balaban J connectivity index is 1.57. The van der Waals surface area contributed by atoms with Crippen molar-refractivity contribution in [2.24, 2.45) is 0 Å². The average Bonchev–Trinajstić information content (AvgIpc) is 3.12. The van der Waals surface area contributed by atoms with Crippen LogP contribution in [0.5, 0.6) is 5.88 Å². The molecule has 25 heavy (non-hydrogen) atoms. The fraction of sp³-hybridized carbons (Fsp3) is 0.389. The maximum atomic E-state index is 6.12. The molecule has 0 saturated carbocycles. The van der Waals surface area contributed by atoms with Gasteiger partial charge in [-0.2, -0.15) is 5.10 Å². The zero-order valence-electron chi connectivity index (χ0n) is 14.4. The second kappa shape index (κ2) is 6.68. The molecule has 0 saturated heterocycles. The molecule has 0 aliphatic carbocycles. The molecule has 0 fully saturated rings. The first-order chi connectivity index (χ1) is 12.2. The van der Waals surface area contributed by atoms with Crippen LogP contribution in [0.15, 0.2) is 41.2 Å². The molecule has 1 atom stereocenters. The topological polar surface area (TPSA) is 69.2 Å². The lowest BCUT2D eigenvalue weighted by atomic mass is 10.2. The van der Waals surface area contributed by atoms with Crippen molar-refractivity contribution in [2.75, 3.05) is 6.54 Å². The smallest absolute Gasteiger partial charge is 0.213 e. The molecular weight excluding hydrogens is 318 g/mol. The maximum absolute atomic E-state index is 6.12. The van der Waals surface area contributed by atoms with E-state index in [4.69, 9.17) is 9.26 Å². The molecule has 7 nitrogen and oxygen atoms in total. The summed E-state index contributed by atoms with van der Waals surface area (Å²) < 4.78 is 13.4. The van der Waals surface area contributed by atoms with Crippen molar-refractivity contribution in [3.8, 4) is 5.88 Å². The SMILES string of the molecule is Cc1noc(C)c1CN1Cc2ccnn2CC(Oc2ccccn2)C1. The van der Waals surface area contributed by atoms with E-state index in [1.54, 1.807) is 6.20 Å². The summed E-state index contributed by atoms with van der Waals surface area (Å²) in [4.78, 5) is 6.63. The van der Waals surface area contributed by atoms with E-state index in [2.05, 4.69) is 26.2 Å². The highest BCUT2D eigenvalue weighted by molar-refractivity contribution is 5.21. The van der Waals surface area contributed by atoms with Crippen molar-refractivity contribution < 1.29 is 9.26 Å². The predicted octanol–water partition coefficient (Wildman–Crippen LogP) is 2.35. The largest absolute Gasteiger partial charge is 0.471 e. The highest BCUT2D eigenvalue weighted by atomic mass is 16.5. The van der Waals surface area contributed by atoms with Gasteiger partial charge < -0.3 is 9.26 Å². The number of hydrogen-bond donors (Lipinski definition) is 0. The fourth-order valence-electron chi connectivity index (χ4n) is 3.22. The summed E-state index contributed by atoms with van der Waals surface area (Å²) in [6, 6.07) is 7.76. The van der Waals surface area contributed by atoms with Gasteiger partial charge in [-0.15, -0.1) is 0 Å². The van der Waals surface area contributed by atoms with Crippen LogP contribution >= 0.6 is 0 Å². The lowest BCUT2D eigenvalue weighted by Gasteiger charge is -2.24. The summed E-state index contributed by atoms with van der Waals surface area (Å²) >= 11 is 0. The van der Waals surface area contributed by atoms with Crippen molar-refractivity contribution in [2.45, 2.75) is 39.6 Å². The Labute approximate surface area is 146 Å². The average molecular weight is 339 g/mol. The number of ether oxygens (including phenoxy) is 1. The summed E-state index contributed by atoms with van der Waals surface area (Å²) in [5.41, 5.74) is 3.26. The number of aryl methyl sites for hydroxylation is 2. The molecule has 4 heterocycles. The minimum absolute atomic E-state index is 0.0310. The molecule has 0 spiro atoms. The predicted molar refractivity (Wildman–Crippen MR) is 91.0 cm³/mol. The Hall–Kier alpha value is -2.67. The van der Waals surface area contributed by atoms with E-state index in [-0.39, 0.29) is 6.10 Å². The summed E-state index contributed by atoms with van der Waals surface area (Å²) in [5, 5.41) is 8.50. The monoisotopic (exact) mass is 339 g/mol. The first-order valence-electron chi connectivity index (χ1n) is 8.41. The molecule has 0 radical (unpaired) electrons. The summed E-state index contributed by atoms with van der Waals surface area (Å²) in [6.45, 7) is 7.01. The van der Waals surface area contributed by atoms with Crippen LogP contribution in [0, 0.1) is 13.8 Å². The van der Waals surface area contributed by atoms with Crippen LogP contribution in [0.1, 0.15) is 22.7 Å². The molecule has 0 bridgehead atoms. The van der Waals surface area contributed by atoms with Crippen molar-refractivity contribution in [3.05, 3.63) is 59.4 Å². The number of aromatic nitrogens is 4. The summed E-state index contributed by atoms with van der Waals surface area (Å²) in [7, 11) is 0. The van der Waals surface area contributed by atoms with Gasteiger partial charge in [0.05, 0.1) is 17.9 Å². The standard InChI is InChI=1S/C18H21N5O2/c1-13-17(14(2)25-21-13)12-22-9-15-6-8-20-23(15)11-16(10-22)24-18-5-3-4-7-19-18/h3-8,16H,9-12H2,1-2H3. The van der Waals surface area contributed by atoms with Gasteiger partial charge in [-0.1, -0.05) is 11.2 Å². The Bertz CT molecular complexity index is 823. The van der Waals surface area contributed by atoms with Crippen LogP contribution < -0.4 is 4.74 Å². The van der Waals surface area contributed by atoms with E-state index >= 15 is 0 Å². The van der Waals surface area contributed by atoms with Crippen LogP contribution in [0.4, 0.5) is 0 Å². The molecule has 4 rings (SSSR count). The summed E-state index contributed by atoms with van der Waals surface area (Å²) in [5.74, 6) is 1.51. The van der Waals surface area contributed by atoms with Gasteiger partial charge in [0.25, 0.3) is 0 Å². The maximum Gasteiger partial charge on any atom is 0.213 e. The highest BCUT2D eigenvalue weighted by Crippen LogP contribution is 2.21. The first-order valence-corrected chi connectivity index (χ1v) is 8.41.